The molecule has 0 radical (unpaired) electrons. The van der Waals surface area contributed by atoms with E-state index in [0.29, 0.717) is 24.2 Å². The van der Waals surface area contributed by atoms with Crippen molar-refractivity contribution in [3.63, 3.8) is 0 Å². The van der Waals surface area contributed by atoms with Crippen LogP contribution in [0, 0.1) is 18.8 Å². The molecule has 1 aliphatic heterocycles. The van der Waals surface area contributed by atoms with Gasteiger partial charge in [-0.3, -0.25) is 4.79 Å². The Labute approximate surface area is 128 Å². The summed E-state index contributed by atoms with van der Waals surface area (Å²) < 4.78 is 2.33. The van der Waals surface area contributed by atoms with Crippen LogP contribution in [0.2, 0.25) is 0 Å². The third-order valence-corrected chi connectivity index (χ3v) is 4.28. The third-order valence-electron chi connectivity index (χ3n) is 4.28. The maximum absolute atomic E-state index is 12.1. The number of aryl methyl sites for hydroxylation is 1. The lowest BCUT2D eigenvalue weighted by molar-refractivity contribution is -0.131. The summed E-state index contributed by atoms with van der Waals surface area (Å²) in [4.78, 5) is 18.8. The van der Waals surface area contributed by atoms with Crippen molar-refractivity contribution in [3.05, 3.63) is 17.7 Å². The lowest BCUT2D eigenvalue weighted by Gasteiger charge is -2.18. The number of rotatable bonds is 6. The lowest BCUT2D eigenvalue weighted by atomic mass is 10.0. The van der Waals surface area contributed by atoms with Crippen LogP contribution in [0.15, 0.2) is 6.20 Å². The van der Waals surface area contributed by atoms with E-state index in [0.717, 1.165) is 38.9 Å². The Kier molecular flexibility index (Phi) is 5.43. The summed E-state index contributed by atoms with van der Waals surface area (Å²) >= 11 is 0. The van der Waals surface area contributed by atoms with Gasteiger partial charge in [0.15, 0.2) is 0 Å². The number of carbonyl (C=O) groups is 1. The van der Waals surface area contributed by atoms with Crippen LogP contribution in [0.25, 0.3) is 0 Å². The molecule has 1 saturated heterocycles. The minimum atomic E-state index is 0.320. The van der Waals surface area contributed by atoms with E-state index in [4.69, 9.17) is 0 Å². The van der Waals surface area contributed by atoms with Crippen LogP contribution in [-0.2, 0) is 17.8 Å². The van der Waals surface area contributed by atoms with E-state index in [-0.39, 0.29) is 0 Å². The maximum atomic E-state index is 12.1. The first kappa shape index (κ1) is 16.1. The van der Waals surface area contributed by atoms with Gasteiger partial charge in [0.2, 0.25) is 5.91 Å². The minimum absolute atomic E-state index is 0.320. The predicted molar refractivity (Wildman–Crippen MR) is 85.1 cm³/mol. The molecule has 0 bridgehead atoms. The summed E-state index contributed by atoms with van der Waals surface area (Å²) in [7, 11) is 0. The first-order valence-corrected chi connectivity index (χ1v) is 8.30. The highest BCUT2D eigenvalue weighted by Gasteiger charge is 2.27. The van der Waals surface area contributed by atoms with Crippen molar-refractivity contribution in [2.75, 3.05) is 13.1 Å². The zero-order valence-electron chi connectivity index (χ0n) is 13.9. The molecule has 21 heavy (non-hydrogen) atoms. The fraction of sp³-hybridized carbons (Fsp3) is 0.765. The first-order valence-electron chi connectivity index (χ1n) is 8.30. The molecule has 0 aromatic carbocycles. The molecule has 0 saturated carbocycles. The standard InChI is InChI=1S/C17H29N3O/c1-5-7-20-14(4)11-18-16(20)10-15-6-8-19(12-15)17(21)9-13(2)3/h11,13,15H,5-10,12H2,1-4H3. The van der Waals surface area contributed by atoms with Crippen LogP contribution < -0.4 is 0 Å². The molecule has 118 valence electrons. The van der Waals surface area contributed by atoms with Gasteiger partial charge in [0.25, 0.3) is 0 Å². The molecule has 1 unspecified atom stereocenters. The highest BCUT2D eigenvalue weighted by Crippen LogP contribution is 2.22. The molecular weight excluding hydrogens is 262 g/mol. The molecule has 0 N–H and O–H groups in total. The smallest absolute Gasteiger partial charge is 0.222 e. The Balaban J connectivity index is 1.92. The normalized spacial score (nSPS) is 18.7. The summed E-state index contributed by atoms with van der Waals surface area (Å²) in [6.07, 6.45) is 5.90. The van der Waals surface area contributed by atoms with E-state index >= 15 is 0 Å². The third kappa shape index (κ3) is 4.08. The highest BCUT2D eigenvalue weighted by molar-refractivity contribution is 5.76. The summed E-state index contributed by atoms with van der Waals surface area (Å²) in [5, 5.41) is 0. The maximum Gasteiger partial charge on any atom is 0.222 e. The molecule has 2 heterocycles. The van der Waals surface area contributed by atoms with Crippen molar-refractivity contribution < 1.29 is 4.79 Å². The van der Waals surface area contributed by atoms with E-state index in [1.165, 1.54) is 11.5 Å². The summed E-state index contributed by atoms with van der Waals surface area (Å²) in [6, 6.07) is 0. The Hall–Kier alpha value is -1.32. The van der Waals surface area contributed by atoms with Crippen molar-refractivity contribution in [2.45, 2.75) is 59.9 Å². The van der Waals surface area contributed by atoms with Gasteiger partial charge in [-0.2, -0.15) is 0 Å². The molecule has 4 nitrogen and oxygen atoms in total. The number of likely N-dealkylation sites (tertiary alicyclic amines) is 1. The summed E-state index contributed by atoms with van der Waals surface area (Å²) in [6.45, 7) is 11.4. The van der Waals surface area contributed by atoms with Crippen molar-refractivity contribution >= 4 is 5.91 Å². The van der Waals surface area contributed by atoms with Gasteiger partial charge in [-0.25, -0.2) is 4.98 Å². The molecule has 0 spiro atoms. The molecule has 0 aliphatic carbocycles. The average molecular weight is 291 g/mol. The molecule has 1 aliphatic rings. The molecule has 2 rings (SSSR count). The molecule has 1 aromatic rings. The van der Waals surface area contributed by atoms with Crippen molar-refractivity contribution in [3.8, 4) is 0 Å². The average Bonchev–Trinajstić information content (AvgIpc) is 3.00. The molecule has 4 heteroatoms. The molecule has 1 atom stereocenters. The van der Waals surface area contributed by atoms with Gasteiger partial charge < -0.3 is 9.47 Å². The second kappa shape index (κ2) is 7.10. The Morgan fingerprint density at radius 2 is 2.24 bits per heavy atom. The van der Waals surface area contributed by atoms with E-state index in [1.807, 2.05) is 11.1 Å². The van der Waals surface area contributed by atoms with Crippen molar-refractivity contribution in [1.82, 2.24) is 14.5 Å². The second-order valence-corrected chi connectivity index (χ2v) is 6.76. The topological polar surface area (TPSA) is 38.1 Å². The second-order valence-electron chi connectivity index (χ2n) is 6.76. The number of hydrogen-bond donors (Lipinski definition) is 0. The van der Waals surface area contributed by atoms with Crippen LogP contribution in [-0.4, -0.2) is 33.4 Å². The van der Waals surface area contributed by atoms with E-state index < -0.39 is 0 Å². The number of amides is 1. The number of hydrogen-bond acceptors (Lipinski definition) is 2. The number of carbonyl (C=O) groups excluding carboxylic acids is 1. The summed E-state index contributed by atoms with van der Waals surface area (Å²) in [5.74, 6) is 2.53. The van der Waals surface area contributed by atoms with Crippen LogP contribution >= 0.6 is 0 Å². The predicted octanol–water partition coefficient (Wildman–Crippen LogP) is 3.04. The number of aromatic nitrogens is 2. The molecular formula is C17H29N3O. The van der Waals surface area contributed by atoms with Gasteiger partial charge >= 0.3 is 0 Å². The first-order chi connectivity index (χ1) is 10.0. The molecule has 1 aromatic heterocycles. The van der Waals surface area contributed by atoms with Gasteiger partial charge in [0, 0.05) is 44.4 Å². The SMILES string of the molecule is CCCn1c(C)cnc1CC1CCN(C(=O)CC(C)C)C1. The zero-order chi connectivity index (χ0) is 15.4. The summed E-state index contributed by atoms with van der Waals surface area (Å²) in [5.41, 5.74) is 1.25. The van der Waals surface area contributed by atoms with Gasteiger partial charge in [-0.15, -0.1) is 0 Å². The van der Waals surface area contributed by atoms with Crippen LogP contribution in [0.3, 0.4) is 0 Å². The Morgan fingerprint density at radius 1 is 1.48 bits per heavy atom. The van der Waals surface area contributed by atoms with Crippen molar-refractivity contribution in [2.24, 2.45) is 11.8 Å². The van der Waals surface area contributed by atoms with Crippen LogP contribution in [0.5, 0.6) is 0 Å². The minimum Gasteiger partial charge on any atom is -0.342 e. The fourth-order valence-electron chi connectivity index (χ4n) is 3.17. The Morgan fingerprint density at radius 3 is 2.90 bits per heavy atom. The largest absolute Gasteiger partial charge is 0.342 e. The van der Waals surface area contributed by atoms with Gasteiger partial charge in [-0.1, -0.05) is 20.8 Å². The molecule has 1 amide bonds. The number of nitrogens with zero attached hydrogens (tertiary/aromatic N) is 3. The lowest BCUT2D eigenvalue weighted by Crippen LogP contribution is -2.29. The Bertz CT molecular complexity index is 478. The highest BCUT2D eigenvalue weighted by atomic mass is 16.2. The van der Waals surface area contributed by atoms with Crippen LogP contribution in [0.4, 0.5) is 0 Å². The van der Waals surface area contributed by atoms with Gasteiger partial charge in [0.05, 0.1) is 0 Å². The van der Waals surface area contributed by atoms with Gasteiger partial charge in [0.1, 0.15) is 5.82 Å². The van der Waals surface area contributed by atoms with Crippen molar-refractivity contribution in [1.29, 1.82) is 0 Å². The van der Waals surface area contributed by atoms with Crippen LogP contribution in [0.1, 0.15) is 51.6 Å². The zero-order valence-corrected chi connectivity index (χ0v) is 13.9. The quantitative estimate of drug-likeness (QED) is 0.808. The van der Waals surface area contributed by atoms with E-state index in [1.54, 1.807) is 0 Å². The number of imidazole rings is 1. The fourth-order valence-corrected chi connectivity index (χ4v) is 3.17. The van der Waals surface area contributed by atoms with E-state index in [2.05, 4.69) is 37.2 Å². The van der Waals surface area contributed by atoms with Gasteiger partial charge in [-0.05, 0) is 31.6 Å². The van der Waals surface area contributed by atoms with E-state index in [9.17, 15) is 4.79 Å². The monoisotopic (exact) mass is 291 g/mol. The molecule has 1 fully saturated rings.